The van der Waals surface area contributed by atoms with Crippen LogP contribution in [0.2, 0.25) is 0 Å². The third-order valence-corrected chi connectivity index (χ3v) is 4.35. The minimum absolute atomic E-state index is 0.101. The molecule has 0 bridgehead atoms. The van der Waals surface area contributed by atoms with Crippen LogP contribution in [0.15, 0.2) is 36.4 Å². The first-order chi connectivity index (χ1) is 11.7. The lowest BCUT2D eigenvalue weighted by Gasteiger charge is -2.32. The first kappa shape index (κ1) is 16.4. The lowest BCUT2D eigenvalue weighted by Crippen LogP contribution is -2.40. The highest BCUT2D eigenvalue weighted by Gasteiger charge is 2.25. The first-order valence-corrected chi connectivity index (χ1v) is 8.21. The zero-order valence-electron chi connectivity index (χ0n) is 13.7. The molecule has 24 heavy (non-hydrogen) atoms. The number of carbonyl (C=O) groups is 1. The highest BCUT2D eigenvalue weighted by Crippen LogP contribution is 2.22. The Morgan fingerprint density at radius 3 is 2.92 bits per heavy atom. The van der Waals surface area contributed by atoms with Crippen LogP contribution in [-0.2, 0) is 6.42 Å². The standard InChI is InChI=1S/C18H21FN4O/c1-20-17-8-7-16(21-22-17)10-13-4-3-9-23(12-13)18(24)14-5-2-6-15(19)11-14/h2,5-8,11,13H,3-4,9-10,12H2,1H3,(H,20,22)/t13-/m1/s1. The number of halogens is 1. The average Bonchev–Trinajstić information content (AvgIpc) is 2.62. The van der Waals surface area contributed by atoms with Gasteiger partial charge in [-0.2, -0.15) is 5.10 Å². The Morgan fingerprint density at radius 1 is 1.33 bits per heavy atom. The SMILES string of the molecule is CNc1ccc(C[C@H]2CCCN(C(=O)c3cccc(F)c3)C2)nn1. The van der Waals surface area contributed by atoms with Gasteiger partial charge in [-0.1, -0.05) is 6.07 Å². The van der Waals surface area contributed by atoms with Crippen LogP contribution < -0.4 is 5.32 Å². The second kappa shape index (κ2) is 7.38. The predicted octanol–water partition coefficient (Wildman–Crippen LogP) is 2.75. The number of likely N-dealkylation sites (tertiary alicyclic amines) is 1. The number of nitrogens with zero attached hydrogens (tertiary/aromatic N) is 3. The summed E-state index contributed by atoms with van der Waals surface area (Å²) in [6.45, 7) is 1.39. The van der Waals surface area contributed by atoms with Crippen molar-refractivity contribution in [3.8, 4) is 0 Å². The Kier molecular flexibility index (Phi) is 5.03. The molecule has 1 amide bonds. The fraction of sp³-hybridized carbons (Fsp3) is 0.389. The molecular formula is C18H21FN4O. The maximum absolute atomic E-state index is 13.3. The number of rotatable bonds is 4. The van der Waals surface area contributed by atoms with Gasteiger partial charge in [0.15, 0.2) is 0 Å². The summed E-state index contributed by atoms with van der Waals surface area (Å²) < 4.78 is 13.3. The summed E-state index contributed by atoms with van der Waals surface area (Å²) in [6.07, 6.45) is 2.81. The van der Waals surface area contributed by atoms with E-state index < -0.39 is 0 Å². The van der Waals surface area contributed by atoms with E-state index in [4.69, 9.17) is 0 Å². The molecule has 1 aliphatic rings. The van der Waals surface area contributed by atoms with Gasteiger partial charge in [-0.05, 0) is 55.5 Å². The Labute approximate surface area is 140 Å². The van der Waals surface area contributed by atoms with E-state index in [-0.39, 0.29) is 11.7 Å². The Hall–Kier alpha value is -2.50. The minimum Gasteiger partial charge on any atom is -0.372 e. The summed E-state index contributed by atoms with van der Waals surface area (Å²) in [5, 5.41) is 11.3. The number of aromatic nitrogens is 2. The van der Waals surface area contributed by atoms with Gasteiger partial charge in [0.1, 0.15) is 11.6 Å². The van der Waals surface area contributed by atoms with Gasteiger partial charge in [-0.3, -0.25) is 4.79 Å². The maximum Gasteiger partial charge on any atom is 0.253 e. The molecule has 2 heterocycles. The van der Waals surface area contributed by atoms with E-state index in [1.54, 1.807) is 19.2 Å². The van der Waals surface area contributed by atoms with Gasteiger partial charge in [-0.25, -0.2) is 4.39 Å². The monoisotopic (exact) mass is 328 g/mol. The number of benzene rings is 1. The molecule has 126 valence electrons. The number of nitrogens with one attached hydrogen (secondary N) is 1. The van der Waals surface area contributed by atoms with Crippen molar-refractivity contribution in [1.82, 2.24) is 15.1 Å². The molecule has 1 fully saturated rings. The van der Waals surface area contributed by atoms with Crippen molar-refractivity contribution in [1.29, 1.82) is 0 Å². The molecule has 0 aliphatic carbocycles. The van der Waals surface area contributed by atoms with Crippen LogP contribution in [0.4, 0.5) is 10.2 Å². The summed E-state index contributed by atoms with van der Waals surface area (Å²) in [5.74, 6) is 0.612. The fourth-order valence-electron chi connectivity index (χ4n) is 3.12. The predicted molar refractivity (Wildman–Crippen MR) is 90.3 cm³/mol. The Morgan fingerprint density at radius 2 is 2.21 bits per heavy atom. The highest BCUT2D eigenvalue weighted by atomic mass is 19.1. The molecule has 2 aromatic rings. The molecule has 5 nitrogen and oxygen atoms in total. The number of anilines is 1. The molecule has 1 atom stereocenters. The second-order valence-electron chi connectivity index (χ2n) is 6.13. The molecule has 6 heteroatoms. The van der Waals surface area contributed by atoms with Crippen LogP contribution in [0.25, 0.3) is 0 Å². The molecule has 0 unspecified atom stereocenters. The fourth-order valence-corrected chi connectivity index (χ4v) is 3.12. The molecular weight excluding hydrogens is 307 g/mol. The summed E-state index contributed by atoms with van der Waals surface area (Å²) in [4.78, 5) is 14.4. The molecule has 1 saturated heterocycles. The highest BCUT2D eigenvalue weighted by molar-refractivity contribution is 5.94. The van der Waals surface area contributed by atoms with Crippen molar-refractivity contribution < 1.29 is 9.18 Å². The van der Waals surface area contributed by atoms with Crippen LogP contribution in [0, 0.1) is 11.7 Å². The minimum atomic E-state index is -0.380. The van der Waals surface area contributed by atoms with Crippen molar-refractivity contribution in [3.05, 3.63) is 53.5 Å². The van der Waals surface area contributed by atoms with Gasteiger partial charge >= 0.3 is 0 Å². The molecule has 1 aromatic heterocycles. The summed E-state index contributed by atoms with van der Waals surface area (Å²) in [7, 11) is 1.81. The van der Waals surface area contributed by atoms with Gasteiger partial charge in [0.2, 0.25) is 0 Å². The van der Waals surface area contributed by atoms with E-state index in [1.165, 1.54) is 12.1 Å². The lowest BCUT2D eigenvalue weighted by molar-refractivity contribution is 0.0672. The summed E-state index contributed by atoms with van der Waals surface area (Å²) >= 11 is 0. The number of amides is 1. The van der Waals surface area contributed by atoms with Crippen molar-refractivity contribution in [2.24, 2.45) is 5.92 Å². The van der Waals surface area contributed by atoms with E-state index in [2.05, 4.69) is 15.5 Å². The van der Waals surface area contributed by atoms with Crippen molar-refractivity contribution in [2.45, 2.75) is 19.3 Å². The van der Waals surface area contributed by atoms with Crippen LogP contribution in [0.5, 0.6) is 0 Å². The Balaban J connectivity index is 1.64. The number of hydrogen-bond donors (Lipinski definition) is 1. The third-order valence-electron chi connectivity index (χ3n) is 4.35. The molecule has 0 saturated carbocycles. The zero-order valence-corrected chi connectivity index (χ0v) is 13.7. The second-order valence-corrected chi connectivity index (χ2v) is 6.13. The van der Waals surface area contributed by atoms with E-state index in [0.29, 0.717) is 18.0 Å². The van der Waals surface area contributed by atoms with Crippen LogP contribution in [0.1, 0.15) is 28.9 Å². The largest absolute Gasteiger partial charge is 0.372 e. The van der Waals surface area contributed by atoms with E-state index in [9.17, 15) is 9.18 Å². The van der Waals surface area contributed by atoms with Gasteiger partial charge in [0, 0.05) is 25.7 Å². The van der Waals surface area contributed by atoms with Crippen LogP contribution in [0.3, 0.4) is 0 Å². The first-order valence-electron chi connectivity index (χ1n) is 8.21. The van der Waals surface area contributed by atoms with E-state index >= 15 is 0 Å². The summed E-state index contributed by atoms with van der Waals surface area (Å²) in [5.41, 5.74) is 1.34. The molecule has 1 aromatic carbocycles. The number of carbonyl (C=O) groups excluding carboxylic acids is 1. The lowest BCUT2D eigenvalue weighted by atomic mass is 9.93. The quantitative estimate of drug-likeness (QED) is 0.937. The van der Waals surface area contributed by atoms with Crippen molar-refractivity contribution in [2.75, 3.05) is 25.5 Å². The molecule has 1 aliphatic heterocycles. The molecule has 3 rings (SSSR count). The van der Waals surface area contributed by atoms with Gasteiger partial charge in [0.05, 0.1) is 5.69 Å². The number of hydrogen-bond acceptors (Lipinski definition) is 4. The Bertz CT molecular complexity index is 704. The van der Waals surface area contributed by atoms with Crippen molar-refractivity contribution >= 4 is 11.7 Å². The molecule has 0 spiro atoms. The number of piperidine rings is 1. The maximum atomic E-state index is 13.3. The molecule has 1 N–H and O–H groups in total. The van der Waals surface area contributed by atoms with Gasteiger partial charge in [-0.15, -0.1) is 5.10 Å². The summed E-state index contributed by atoms with van der Waals surface area (Å²) in [6, 6.07) is 9.75. The topological polar surface area (TPSA) is 58.1 Å². The van der Waals surface area contributed by atoms with Gasteiger partial charge in [0.25, 0.3) is 5.91 Å². The van der Waals surface area contributed by atoms with Gasteiger partial charge < -0.3 is 10.2 Å². The average molecular weight is 328 g/mol. The van der Waals surface area contributed by atoms with Crippen molar-refractivity contribution in [3.63, 3.8) is 0 Å². The molecule has 0 radical (unpaired) electrons. The van der Waals surface area contributed by atoms with Crippen LogP contribution >= 0.6 is 0 Å². The van der Waals surface area contributed by atoms with Crippen LogP contribution in [-0.4, -0.2) is 41.1 Å². The smallest absolute Gasteiger partial charge is 0.253 e. The van der Waals surface area contributed by atoms with E-state index in [0.717, 1.165) is 37.3 Å². The zero-order chi connectivity index (χ0) is 16.9. The third kappa shape index (κ3) is 3.88. The van der Waals surface area contributed by atoms with E-state index in [1.807, 2.05) is 17.0 Å². The normalized spacial score (nSPS) is 17.6.